The second-order valence-electron chi connectivity index (χ2n) is 22.2. The first-order valence-corrected chi connectivity index (χ1v) is 27.2. The summed E-state index contributed by atoms with van der Waals surface area (Å²) in [6.45, 7) is 13.0. The number of nitrogens with two attached hydrogens (primary N) is 1. The second-order valence-corrected chi connectivity index (χ2v) is 23.0. The Morgan fingerprint density at radius 3 is 2.36 bits per heavy atom. The fourth-order valence-electron chi connectivity index (χ4n) is 11.9. The van der Waals surface area contributed by atoms with E-state index < -0.39 is 23.6 Å². The second kappa shape index (κ2) is 22.0. The van der Waals surface area contributed by atoms with Crippen molar-refractivity contribution in [3.63, 3.8) is 0 Å². The van der Waals surface area contributed by atoms with Crippen LogP contribution < -0.4 is 21.3 Å². The van der Waals surface area contributed by atoms with Crippen LogP contribution in [-0.2, 0) is 27.3 Å². The van der Waals surface area contributed by atoms with Gasteiger partial charge in [0, 0.05) is 89.2 Å². The Bertz CT molecular complexity index is 2770. The lowest BCUT2D eigenvalue weighted by Crippen LogP contribution is -2.59. The van der Waals surface area contributed by atoms with E-state index in [2.05, 4.69) is 40.5 Å². The molecule has 3 amide bonds. The van der Waals surface area contributed by atoms with E-state index >= 15 is 0 Å². The number of aryl methyl sites for hydroxylation is 1. The van der Waals surface area contributed by atoms with E-state index in [4.69, 9.17) is 21.0 Å². The minimum atomic E-state index is -0.878. The molecule has 1 saturated carbocycles. The minimum Gasteiger partial charge on any atom is -0.654 e. The molecule has 0 radical (unpaired) electrons. The zero-order valence-electron chi connectivity index (χ0n) is 42.9. The summed E-state index contributed by atoms with van der Waals surface area (Å²) < 4.78 is 0. The molecule has 4 aliphatic heterocycles. The largest absolute Gasteiger partial charge is 0.654 e. The van der Waals surface area contributed by atoms with Gasteiger partial charge in [-0.1, -0.05) is 69.5 Å². The number of carbonyl (C=O) groups excluding carboxylic acids is 3. The molecule has 5 aliphatic rings. The molecule has 0 spiro atoms. The molecule has 2 aromatic carbocycles. The molecule has 7 heterocycles. The highest BCUT2D eigenvalue weighted by Crippen LogP contribution is 2.42. The number of hydrogen-bond donors (Lipinski definition) is 5. The number of phenolic OH excluding ortho intramolecular Hbond substituents is 1. The monoisotopic (exact) mass is 1020 g/mol. The number of thiazole rings is 1. The van der Waals surface area contributed by atoms with Crippen molar-refractivity contribution in [1.29, 1.82) is 0 Å². The Hall–Kier alpha value is -6.12. The number of aromatic nitrogens is 5. The Balaban J connectivity index is 0.657. The molecular formula is C55H70N13O5S-. The van der Waals surface area contributed by atoms with Gasteiger partial charge in [0.1, 0.15) is 23.7 Å². The number of β-amino-alcohol motifs (C(OH)–C–C–N with tert-alkyl or cyclic N) is 1. The number of anilines is 2. The molecule has 6 atom stereocenters. The average Bonchev–Trinajstić information content (AvgIpc) is 4.10. The summed E-state index contributed by atoms with van der Waals surface area (Å²) in [7, 11) is 0. The average molecular weight is 1030 g/mol. The van der Waals surface area contributed by atoms with Crippen LogP contribution in [0.2, 0.25) is 0 Å². The lowest BCUT2D eigenvalue weighted by atomic mass is 9.82. The van der Waals surface area contributed by atoms with Crippen molar-refractivity contribution in [2.75, 3.05) is 63.0 Å². The van der Waals surface area contributed by atoms with Crippen molar-refractivity contribution < 1.29 is 24.6 Å². The van der Waals surface area contributed by atoms with Crippen LogP contribution >= 0.6 is 11.3 Å². The number of phenols is 1. The molecule has 10 rings (SSSR count). The molecular weight excluding hydrogens is 955 g/mol. The smallest absolute Gasteiger partial charge is 0.246 e. The van der Waals surface area contributed by atoms with Crippen LogP contribution in [0, 0.1) is 18.3 Å². The van der Waals surface area contributed by atoms with Crippen LogP contribution in [0.3, 0.4) is 0 Å². The van der Waals surface area contributed by atoms with Crippen molar-refractivity contribution in [2.45, 2.75) is 121 Å². The molecule has 3 aromatic heterocycles. The quantitative estimate of drug-likeness (QED) is 0.0951. The predicted molar refractivity (Wildman–Crippen MR) is 285 cm³/mol. The third-order valence-corrected chi connectivity index (χ3v) is 17.0. The Kier molecular flexibility index (Phi) is 15.3. The molecule has 5 fully saturated rings. The number of nitrogens with zero attached hydrogens (tertiary/aromatic N) is 10. The highest BCUT2D eigenvalue weighted by atomic mass is 32.1. The lowest BCUT2D eigenvalue weighted by Gasteiger charge is -2.44. The molecule has 2 bridgehead atoms. The standard InChI is InChI=1S/C55H70N13O5S/c1-33-50(74-32-60-33)36-11-9-34(10-12-36)25-59-53(72)46-23-41(69)29-68(46)54(73)51(55(2,3)4)62-49(71)31-65-17-19-66(20-18-65)40-15-13-35(14-16-40)38-26-57-48(58-27-38)22-37-21-39-28-67(30-44(37)61-39)45-24-43(63-64-52(45)56)42-7-5-6-8-47(42)70/h5-12,24,26-27,32,35,37,39-41,44,46,51,69-70H,13-23,25,28-31H2,1-4H3,(H2,56,64)(H,59,72)(H,62,71)/q-1/t35?,37?,39?,40?,41-,44?,46+,51?/m1/s1. The maximum Gasteiger partial charge on any atom is 0.246 e. The van der Waals surface area contributed by atoms with Gasteiger partial charge in [-0.3, -0.25) is 24.2 Å². The number of aromatic hydroxyl groups is 1. The fraction of sp³-hybridized carbons (Fsp3) is 0.527. The number of rotatable bonds is 14. The summed E-state index contributed by atoms with van der Waals surface area (Å²) in [6.07, 6.45) is 9.49. The normalized spacial score (nSPS) is 25.0. The van der Waals surface area contributed by atoms with Gasteiger partial charge >= 0.3 is 0 Å². The van der Waals surface area contributed by atoms with E-state index in [9.17, 15) is 24.6 Å². The van der Waals surface area contributed by atoms with Gasteiger partial charge in [-0.15, -0.1) is 33.6 Å². The van der Waals surface area contributed by atoms with E-state index in [0.29, 0.717) is 35.0 Å². The maximum absolute atomic E-state index is 14.2. The van der Waals surface area contributed by atoms with Gasteiger partial charge in [0.25, 0.3) is 0 Å². The number of aliphatic hydroxyl groups is 1. The highest BCUT2D eigenvalue weighted by molar-refractivity contribution is 7.13. The van der Waals surface area contributed by atoms with Crippen LogP contribution in [0.1, 0.15) is 87.9 Å². The van der Waals surface area contributed by atoms with Crippen molar-refractivity contribution >= 4 is 40.6 Å². The molecule has 4 unspecified atom stereocenters. The van der Waals surface area contributed by atoms with Gasteiger partial charge in [-0.05, 0) is 78.8 Å². The van der Waals surface area contributed by atoms with Crippen molar-refractivity contribution in [1.82, 2.24) is 50.5 Å². The van der Waals surface area contributed by atoms with Crippen LogP contribution in [0.25, 0.3) is 27.0 Å². The molecule has 19 heteroatoms. The lowest BCUT2D eigenvalue weighted by molar-refractivity contribution is -0.144. The summed E-state index contributed by atoms with van der Waals surface area (Å²) in [5.74, 6) is 1.23. The topological polar surface area (TPSA) is 233 Å². The van der Waals surface area contributed by atoms with E-state index in [1.54, 1.807) is 23.5 Å². The van der Waals surface area contributed by atoms with Gasteiger partial charge in [-0.25, -0.2) is 15.0 Å². The number of likely N-dealkylation sites (tertiary alicyclic amines) is 1. The zero-order valence-corrected chi connectivity index (χ0v) is 43.8. The van der Waals surface area contributed by atoms with Gasteiger partial charge < -0.3 is 41.7 Å². The van der Waals surface area contributed by atoms with E-state index in [0.717, 1.165) is 111 Å². The summed E-state index contributed by atoms with van der Waals surface area (Å²) in [4.78, 5) is 65.2. The SMILES string of the molecule is Cc1ncsc1-c1ccc(CNC(=O)[C@@H]2C[C@@H](O)CN2C(=O)C(NC(=O)CN2CCN(C3CCC(c4cnc(CC5CC6CN(c7cc(-c8ccccc8O)nnc7N)CC5[N-]6)nc4)CC3)CC2)C(C)(C)C)cc1. The van der Waals surface area contributed by atoms with Crippen molar-refractivity contribution in [2.24, 2.45) is 11.3 Å². The Morgan fingerprint density at radius 2 is 1.66 bits per heavy atom. The van der Waals surface area contributed by atoms with E-state index in [1.807, 2.05) is 88.1 Å². The van der Waals surface area contributed by atoms with Crippen LogP contribution in [-0.4, -0.2) is 156 Å². The number of amides is 3. The number of fused-ring (bicyclic) bond motifs is 2. The fourth-order valence-corrected chi connectivity index (χ4v) is 12.7. The van der Waals surface area contributed by atoms with Crippen molar-refractivity contribution in [3.8, 4) is 27.4 Å². The van der Waals surface area contributed by atoms with Gasteiger partial charge in [0.05, 0.1) is 40.1 Å². The molecule has 74 heavy (non-hydrogen) atoms. The molecule has 6 N–H and O–H groups in total. The summed E-state index contributed by atoms with van der Waals surface area (Å²) in [6, 6.07) is 16.1. The van der Waals surface area contributed by atoms with Gasteiger partial charge in [0.2, 0.25) is 17.7 Å². The highest BCUT2D eigenvalue weighted by Gasteiger charge is 2.45. The zero-order chi connectivity index (χ0) is 51.7. The molecule has 392 valence electrons. The molecule has 4 saturated heterocycles. The first kappa shape index (κ1) is 51.4. The maximum atomic E-state index is 14.2. The Morgan fingerprint density at radius 1 is 0.919 bits per heavy atom. The van der Waals surface area contributed by atoms with Gasteiger partial charge in [-0.2, -0.15) is 0 Å². The molecule has 18 nitrogen and oxygen atoms in total. The first-order valence-electron chi connectivity index (χ1n) is 26.3. The number of carbonyl (C=O) groups is 3. The number of piperazine rings is 2. The third kappa shape index (κ3) is 11.6. The van der Waals surface area contributed by atoms with Crippen LogP contribution in [0.5, 0.6) is 5.75 Å². The number of benzene rings is 2. The molecule has 5 aromatic rings. The number of para-hydroxylation sites is 1. The third-order valence-electron chi connectivity index (χ3n) is 16.0. The van der Waals surface area contributed by atoms with Crippen LogP contribution in [0.15, 0.2) is 72.5 Å². The summed E-state index contributed by atoms with van der Waals surface area (Å²) >= 11 is 1.59. The number of nitrogen functional groups attached to an aromatic ring is 1. The van der Waals surface area contributed by atoms with E-state index in [-0.39, 0.29) is 61.6 Å². The minimum absolute atomic E-state index is 0.0286. The first-order chi connectivity index (χ1) is 35.6. The molecule has 1 aliphatic carbocycles. The van der Waals surface area contributed by atoms with Crippen LogP contribution in [0.4, 0.5) is 11.5 Å². The Labute approximate surface area is 437 Å². The van der Waals surface area contributed by atoms with Crippen molar-refractivity contribution in [3.05, 3.63) is 100 Å². The summed E-state index contributed by atoms with van der Waals surface area (Å²) in [5.41, 5.74) is 13.7. The number of nitrogens with one attached hydrogen (secondary N) is 2. The number of aliphatic hydroxyl groups excluding tert-OH is 1. The van der Waals surface area contributed by atoms with Gasteiger partial charge in [0.15, 0.2) is 5.82 Å². The predicted octanol–water partition coefficient (Wildman–Crippen LogP) is 5.30. The summed E-state index contributed by atoms with van der Waals surface area (Å²) in [5, 5.41) is 40.8. The van der Waals surface area contributed by atoms with E-state index in [1.165, 1.54) is 10.5 Å². The number of hydrogen-bond acceptors (Lipinski definition) is 15.